The Morgan fingerprint density at radius 1 is 1.27 bits per heavy atom. The van der Waals surface area contributed by atoms with Gasteiger partial charge in [0.2, 0.25) is 5.91 Å². The van der Waals surface area contributed by atoms with Gasteiger partial charge in [0.25, 0.3) is 5.92 Å². The molecule has 0 atom stereocenters. The van der Waals surface area contributed by atoms with Crippen LogP contribution in [0, 0.1) is 0 Å². The molecule has 1 saturated carbocycles. The molecule has 7 nitrogen and oxygen atoms in total. The Balaban J connectivity index is 1.70. The summed E-state index contributed by atoms with van der Waals surface area (Å²) in [5.41, 5.74) is 8.23. The highest BCUT2D eigenvalue weighted by Crippen LogP contribution is 2.43. The van der Waals surface area contributed by atoms with E-state index in [0.717, 1.165) is 36.4 Å². The SMILES string of the molecule is CC(F)(F)c1cc(-n2nc(C3CC3)c3cnc(CC(N)=O)cc32)cc(C2COC2)n1. The minimum atomic E-state index is -3.09. The summed E-state index contributed by atoms with van der Waals surface area (Å²) in [5, 5.41) is 5.63. The minimum Gasteiger partial charge on any atom is -0.380 e. The van der Waals surface area contributed by atoms with Gasteiger partial charge in [-0.05, 0) is 31.0 Å². The summed E-state index contributed by atoms with van der Waals surface area (Å²) in [4.78, 5) is 19.9. The molecule has 30 heavy (non-hydrogen) atoms. The number of aromatic nitrogens is 4. The quantitative estimate of drug-likeness (QED) is 0.670. The number of pyridine rings is 2. The molecule has 4 heterocycles. The highest BCUT2D eigenvalue weighted by atomic mass is 19.3. The number of amides is 1. The van der Waals surface area contributed by atoms with Gasteiger partial charge in [-0.25, -0.2) is 4.68 Å². The molecule has 3 aromatic rings. The third-order valence-corrected chi connectivity index (χ3v) is 5.55. The number of nitrogens with two attached hydrogens (primary N) is 1. The Hall–Kier alpha value is -2.94. The molecule has 0 radical (unpaired) electrons. The number of carbonyl (C=O) groups excluding carboxylic acids is 1. The van der Waals surface area contributed by atoms with Gasteiger partial charge in [0.1, 0.15) is 5.69 Å². The summed E-state index contributed by atoms with van der Waals surface area (Å²) in [6, 6.07) is 4.93. The summed E-state index contributed by atoms with van der Waals surface area (Å²) in [5.74, 6) is -3.25. The molecule has 9 heteroatoms. The molecule has 0 spiro atoms. The van der Waals surface area contributed by atoms with Gasteiger partial charge in [-0.3, -0.25) is 14.8 Å². The van der Waals surface area contributed by atoms with Crippen LogP contribution in [0.4, 0.5) is 8.78 Å². The third-order valence-electron chi connectivity index (χ3n) is 5.55. The van der Waals surface area contributed by atoms with Gasteiger partial charge in [0.15, 0.2) is 0 Å². The lowest BCUT2D eigenvalue weighted by Crippen LogP contribution is -2.27. The molecule has 1 aliphatic carbocycles. The van der Waals surface area contributed by atoms with Crippen molar-refractivity contribution >= 4 is 16.8 Å². The van der Waals surface area contributed by atoms with E-state index in [4.69, 9.17) is 15.6 Å². The van der Waals surface area contributed by atoms with Gasteiger partial charge in [-0.2, -0.15) is 13.9 Å². The molecule has 2 N–H and O–H groups in total. The normalized spacial score (nSPS) is 17.3. The molecule has 1 aliphatic heterocycles. The lowest BCUT2D eigenvalue weighted by Gasteiger charge is -2.26. The smallest absolute Gasteiger partial charge is 0.287 e. The summed E-state index contributed by atoms with van der Waals surface area (Å²) < 4.78 is 35.3. The van der Waals surface area contributed by atoms with E-state index in [2.05, 4.69) is 9.97 Å². The van der Waals surface area contributed by atoms with E-state index >= 15 is 0 Å². The van der Waals surface area contributed by atoms with Crippen LogP contribution in [0.5, 0.6) is 0 Å². The van der Waals surface area contributed by atoms with Crippen LogP contribution in [0.2, 0.25) is 0 Å². The average Bonchev–Trinajstić information content (AvgIpc) is 3.40. The second-order valence-corrected chi connectivity index (χ2v) is 8.17. The summed E-state index contributed by atoms with van der Waals surface area (Å²) in [6.45, 7) is 1.77. The van der Waals surface area contributed by atoms with Crippen LogP contribution in [0.3, 0.4) is 0 Å². The number of hydrogen-bond acceptors (Lipinski definition) is 5. The van der Waals surface area contributed by atoms with Crippen molar-refractivity contribution in [3.05, 3.63) is 47.2 Å². The average molecular weight is 413 g/mol. The Kier molecular flexibility index (Phi) is 4.32. The van der Waals surface area contributed by atoms with Crippen LogP contribution in [-0.4, -0.2) is 38.9 Å². The zero-order valence-electron chi connectivity index (χ0n) is 16.4. The third kappa shape index (κ3) is 3.43. The van der Waals surface area contributed by atoms with Gasteiger partial charge >= 0.3 is 0 Å². The van der Waals surface area contributed by atoms with Crippen LogP contribution in [0.15, 0.2) is 24.4 Å². The fourth-order valence-corrected chi connectivity index (χ4v) is 3.70. The largest absolute Gasteiger partial charge is 0.380 e. The molecule has 2 aliphatic rings. The van der Waals surface area contributed by atoms with E-state index < -0.39 is 11.8 Å². The fourth-order valence-electron chi connectivity index (χ4n) is 3.70. The molecule has 0 unspecified atom stereocenters. The van der Waals surface area contributed by atoms with Crippen molar-refractivity contribution in [1.29, 1.82) is 0 Å². The van der Waals surface area contributed by atoms with Gasteiger partial charge in [-0.1, -0.05) is 0 Å². The molecule has 0 bridgehead atoms. The Morgan fingerprint density at radius 3 is 2.63 bits per heavy atom. The Morgan fingerprint density at radius 2 is 2.03 bits per heavy atom. The predicted octanol–water partition coefficient (Wildman–Crippen LogP) is 2.95. The van der Waals surface area contributed by atoms with Crippen molar-refractivity contribution in [3.63, 3.8) is 0 Å². The van der Waals surface area contributed by atoms with Gasteiger partial charge in [0, 0.05) is 30.3 Å². The highest BCUT2D eigenvalue weighted by Gasteiger charge is 2.33. The van der Waals surface area contributed by atoms with Crippen LogP contribution in [-0.2, 0) is 21.9 Å². The molecule has 156 valence electrons. The van der Waals surface area contributed by atoms with Crippen LogP contribution in [0.25, 0.3) is 16.6 Å². The number of fused-ring (bicyclic) bond motifs is 1. The standard InChI is InChI=1S/C21H21F2N5O2/c1-21(22,23)18-7-14(6-16(26-18)12-9-30-10-12)28-17-4-13(5-19(24)29)25-8-15(17)20(27-28)11-2-3-11/h4,6-8,11-12H,2-3,5,9-10H2,1H3,(H2,24,29). The molecular weight excluding hydrogens is 392 g/mol. The highest BCUT2D eigenvalue weighted by molar-refractivity contribution is 5.85. The summed E-state index contributed by atoms with van der Waals surface area (Å²) in [6.07, 6.45) is 3.77. The minimum absolute atomic E-state index is 0.000822. The number of rotatable bonds is 6. The van der Waals surface area contributed by atoms with Crippen LogP contribution >= 0.6 is 0 Å². The second kappa shape index (κ2) is 6.80. The molecule has 1 saturated heterocycles. The number of ether oxygens (including phenoxy) is 1. The first-order chi connectivity index (χ1) is 14.3. The molecule has 0 aromatic carbocycles. The van der Waals surface area contributed by atoms with Gasteiger partial charge in [-0.15, -0.1) is 0 Å². The van der Waals surface area contributed by atoms with Crippen molar-refractivity contribution in [2.75, 3.05) is 13.2 Å². The van der Waals surface area contributed by atoms with E-state index in [0.29, 0.717) is 36.2 Å². The topological polar surface area (TPSA) is 95.9 Å². The number of primary amides is 1. The Labute approximate surface area is 171 Å². The van der Waals surface area contributed by atoms with Crippen molar-refractivity contribution in [3.8, 4) is 5.69 Å². The first-order valence-electron chi connectivity index (χ1n) is 9.94. The fraction of sp³-hybridized carbons (Fsp3) is 0.429. The van der Waals surface area contributed by atoms with E-state index in [9.17, 15) is 13.6 Å². The van der Waals surface area contributed by atoms with Crippen LogP contribution in [0.1, 0.15) is 54.4 Å². The van der Waals surface area contributed by atoms with E-state index in [-0.39, 0.29) is 18.0 Å². The first-order valence-corrected chi connectivity index (χ1v) is 9.94. The number of halogens is 2. The number of hydrogen-bond donors (Lipinski definition) is 1. The second-order valence-electron chi connectivity index (χ2n) is 8.17. The molecular formula is C21H21F2N5O2. The molecule has 1 amide bonds. The van der Waals surface area contributed by atoms with Crippen molar-refractivity contribution in [1.82, 2.24) is 19.7 Å². The van der Waals surface area contributed by atoms with Crippen molar-refractivity contribution in [2.24, 2.45) is 5.73 Å². The summed E-state index contributed by atoms with van der Waals surface area (Å²) >= 11 is 0. The maximum absolute atomic E-state index is 14.2. The molecule has 5 rings (SSSR count). The van der Waals surface area contributed by atoms with E-state index in [1.807, 2.05) is 0 Å². The molecule has 3 aromatic heterocycles. The van der Waals surface area contributed by atoms with Crippen molar-refractivity contribution in [2.45, 2.75) is 43.9 Å². The maximum Gasteiger partial charge on any atom is 0.287 e. The van der Waals surface area contributed by atoms with Crippen molar-refractivity contribution < 1.29 is 18.3 Å². The summed E-state index contributed by atoms with van der Waals surface area (Å²) in [7, 11) is 0. The lowest BCUT2D eigenvalue weighted by atomic mass is 10.0. The lowest BCUT2D eigenvalue weighted by molar-refractivity contribution is -0.117. The van der Waals surface area contributed by atoms with Gasteiger partial charge < -0.3 is 10.5 Å². The zero-order valence-corrected chi connectivity index (χ0v) is 16.4. The number of alkyl halides is 2. The molecule has 2 fully saturated rings. The Bertz CT molecular complexity index is 1150. The number of nitrogens with zero attached hydrogens (tertiary/aromatic N) is 4. The van der Waals surface area contributed by atoms with Gasteiger partial charge in [0.05, 0.1) is 47.9 Å². The zero-order chi connectivity index (χ0) is 21.0. The van der Waals surface area contributed by atoms with Crippen LogP contribution < -0.4 is 5.73 Å². The first kappa shape index (κ1) is 19.0. The monoisotopic (exact) mass is 413 g/mol. The van der Waals surface area contributed by atoms with E-state index in [1.54, 1.807) is 23.0 Å². The van der Waals surface area contributed by atoms with E-state index in [1.165, 1.54) is 6.07 Å². The predicted molar refractivity (Wildman–Crippen MR) is 105 cm³/mol. The number of carbonyl (C=O) groups is 1. The maximum atomic E-state index is 14.2.